The van der Waals surface area contributed by atoms with Crippen LogP contribution in [0.3, 0.4) is 0 Å². The van der Waals surface area contributed by atoms with Gasteiger partial charge in [-0.2, -0.15) is 5.26 Å². The molecule has 0 aromatic carbocycles. The van der Waals surface area contributed by atoms with Gasteiger partial charge in [-0.05, 0) is 12.8 Å². The van der Waals surface area contributed by atoms with Gasteiger partial charge in [0.2, 0.25) is 0 Å². The largest absolute Gasteiger partial charge is 0.378 e. The number of carbonyl (C=O) groups excluding carboxylic acids is 1. The van der Waals surface area contributed by atoms with E-state index in [0.717, 1.165) is 32.4 Å². The van der Waals surface area contributed by atoms with E-state index in [1.807, 2.05) is 0 Å². The number of amides is 1. The molecule has 0 bridgehead atoms. The van der Waals surface area contributed by atoms with Crippen LogP contribution in [-0.2, 0) is 9.53 Å². The summed E-state index contributed by atoms with van der Waals surface area (Å²) >= 11 is 0. The smallest absolute Gasteiger partial charge is 0.266 e. The van der Waals surface area contributed by atoms with E-state index in [9.17, 15) is 10.1 Å². The summed E-state index contributed by atoms with van der Waals surface area (Å²) in [5.74, 6) is -0.173. The molecule has 0 aromatic rings. The molecule has 0 aliphatic carbocycles. The third-order valence-corrected chi connectivity index (χ3v) is 3.27. The Balaban J connectivity index is 2.71. The highest BCUT2D eigenvalue weighted by Crippen LogP contribution is 2.08. The lowest BCUT2D eigenvalue weighted by atomic mass is 10.2. The number of ether oxygens (including phenoxy) is 1. The van der Waals surface area contributed by atoms with E-state index in [-0.39, 0.29) is 11.5 Å². The lowest BCUT2D eigenvalue weighted by molar-refractivity contribution is -0.130. The zero-order valence-electron chi connectivity index (χ0n) is 12.6. The van der Waals surface area contributed by atoms with Crippen LogP contribution in [0, 0.1) is 11.3 Å². The highest BCUT2D eigenvalue weighted by atomic mass is 16.5. The number of morpholine rings is 1. The van der Waals surface area contributed by atoms with Crippen LogP contribution in [0.15, 0.2) is 11.8 Å². The van der Waals surface area contributed by atoms with Gasteiger partial charge >= 0.3 is 0 Å². The highest BCUT2D eigenvalue weighted by molar-refractivity contribution is 5.97. The molecule has 1 saturated heterocycles. The summed E-state index contributed by atoms with van der Waals surface area (Å²) in [5.41, 5.74) is 0.233. The molecule has 0 radical (unpaired) electrons. The van der Waals surface area contributed by atoms with Crippen molar-refractivity contribution in [3.05, 3.63) is 11.8 Å². The van der Waals surface area contributed by atoms with Crippen LogP contribution < -0.4 is 0 Å². The first-order valence-corrected chi connectivity index (χ1v) is 7.45. The lowest BCUT2D eigenvalue weighted by Gasteiger charge is -2.27. The van der Waals surface area contributed by atoms with E-state index < -0.39 is 0 Å². The molecule has 0 saturated carbocycles. The average Bonchev–Trinajstić information content (AvgIpc) is 2.50. The zero-order valence-corrected chi connectivity index (χ0v) is 12.6. The molecule has 1 heterocycles. The Bertz CT molecular complexity index is 368. The predicted octanol–water partition coefficient (Wildman–Crippen LogP) is 1.76. The van der Waals surface area contributed by atoms with Crippen molar-refractivity contribution in [1.29, 1.82) is 5.26 Å². The molecule has 0 N–H and O–H groups in total. The average molecular weight is 279 g/mol. The van der Waals surface area contributed by atoms with Gasteiger partial charge < -0.3 is 14.5 Å². The second-order valence-electron chi connectivity index (χ2n) is 4.95. The first kappa shape index (κ1) is 16.5. The molecular weight excluding hydrogens is 254 g/mol. The number of unbranched alkanes of at least 4 members (excludes halogenated alkanes) is 1. The summed E-state index contributed by atoms with van der Waals surface area (Å²) in [6, 6.07) is 2.05. The number of nitrogens with zero attached hydrogens (tertiary/aromatic N) is 3. The van der Waals surface area contributed by atoms with Gasteiger partial charge in [0.25, 0.3) is 5.91 Å². The van der Waals surface area contributed by atoms with Crippen molar-refractivity contribution in [3.8, 4) is 6.07 Å². The van der Waals surface area contributed by atoms with Gasteiger partial charge in [-0.1, -0.05) is 20.3 Å². The second kappa shape index (κ2) is 9.38. The van der Waals surface area contributed by atoms with Gasteiger partial charge in [-0.15, -0.1) is 0 Å². The fourth-order valence-electron chi connectivity index (χ4n) is 2.14. The van der Waals surface area contributed by atoms with E-state index in [4.69, 9.17) is 4.74 Å². The normalized spacial score (nSPS) is 15.8. The molecule has 1 amide bonds. The van der Waals surface area contributed by atoms with Gasteiger partial charge in [-0.3, -0.25) is 4.79 Å². The van der Waals surface area contributed by atoms with Crippen LogP contribution in [0.25, 0.3) is 0 Å². The fraction of sp³-hybridized carbons (Fsp3) is 0.733. The Kier molecular flexibility index (Phi) is 7.74. The minimum absolute atomic E-state index is 0.173. The topological polar surface area (TPSA) is 56.6 Å². The van der Waals surface area contributed by atoms with Crippen molar-refractivity contribution >= 4 is 5.91 Å². The molecule has 5 heteroatoms. The molecule has 5 nitrogen and oxygen atoms in total. The van der Waals surface area contributed by atoms with E-state index in [2.05, 4.69) is 24.8 Å². The van der Waals surface area contributed by atoms with E-state index in [0.29, 0.717) is 26.3 Å². The zero-order chi connectivity index (χ0) is 14.8. The number of carbonyl (C=O) groups is 1. The number of hydrogen-bond acceptors (Lipinski definition) is 4. The first-order chi connectivity index (χ1) is 9.72. The molecular formula is C15H25N3O2. The summed E-state index contributed by atoms with van der Waals surface area (Å²) in [6.07, 6.45) is 4.91. The van der Waals surface area contributed by atoms with Gasteiger partial charge in [0, 0.05) is 32.4 Å². The summed E-state index contributed by atoms with van der Waals surface area (Å²) in [7, 11) is 0. The predicted molar refractivity (Wildman–Crippen MR) is 77.9 cm³/mol. The van der Waals surface area contributed by atoms with Crippen LogP contribution in [0.5, 0.6) is 0 Å². The van der Waals surface area contributed by atoms with Crippen LogP contribution in [0.1, 0.15) is 33.1 Å². The monoisotopic (exact) mass is 279 g/mol. The standard InChI is InChI=1S/C15H25N3O2/c1-3-5-7-17(6-4-2)13-14(12-16)15(19)18-8-10-20-11-9-18/h13H,3-11H2,1-2H3/b14-13-. The molecule has 0 unspecified atom stereocenters. The summed E-state index contributed by atoms with van der Waals surface area (Å²) in [5, 5.41) is 9.25. The van der Waals surface area contributed by atoms with Gasteiger partial charge in [-0.25, -0.2) is 0 Å². The molecule has 1 fully saturated rings. The quantitative estimate of drug-likeness (QED) is 0.526. The van der Waals surface area contributed by atoms with Crippen LogP contribution >= 0.6 is 0 Å². The maximum atomic E-state index is 12.3. The molecule has 1 rings (SSSR count). The molecule has 0 spiro atoms. The lowest BCUT2D eigenvalue weighted by Crippen LogP contribution is -2.41. The SMILES string of the molecule is CCCCN(/C=C(/C#N)C(=O)N1CCOCC1)CCC. The Morgan fingerprint density at radius 2 is 2.00 bits per heavy atom. The number of rotatable bonds is 7. The Hall–Kier alpha value is -1.54. The van der Waals surface area contributed by atoms with Crippen LogP contribution in [-0.4, -0.2) is 55.1 Å². The van der Waals surface area contributed by atoms with E-state index in [1.165, 1.54) is 0 Å². The molecule has 112 valence electrons. The summed E-state index contributed by atoms with van der Waals surface area (Å²) in [4.78, 5) is 16.1. The number of nitriles is 1. The van der Waals surface area contributed by atoms with Crippen molar-refractivity contribution in [3.63, 3.8) is 0 Å². The van der Waals surface area contributed by atoms with Crippen LogP contribution in [0.2, 0.25) is 0 Å². The maximum absolute atomic E-state index is 12.3. The Morgan fingerprint density at radius 1 is 1.30 bits per heavy atom. The highest BCUT2D eigenvalue weighted by Gasteiger charge is 2.21. The molecule has 20 heavy (non-hydrogen) atoms. The van der Waals surface area contributed by atoms with Crippen molar-refractivity contribution < 1.29 is 9.53 Å². The van der Waals surface area contributed by atoms with Gasteiger partial charge in [0.05, 0.1) is 13.2 Å². The van der Waals surface area contributed by atoms with Gasteiger partial charge in [0.15, 0.2) is 0 Å². The molecule has 0 atom stereocenters. The Morgan fingerprint density at radius 3 is 2.55 bits per heavy atom. The molecule has 1 aliphatic heterocycles. The minimum atomic E-state index is -0.173. The summed E-state index contributed by atoms with van der Waals surface area (Å²) < 4.78 is 5.23. The minimum Gasteiger partial charge on any atom is -0.378 e. The molecule has 0 aromatic heterocycles. The van der Waals surface area contributed by atoms with E-state index in [1.54, 1.807) is 11.1 Å². The first-order valence-electron chi connectivity index (χ1n) is 7.45. The summed E-state index contributed by atoms with van der Waals surface area (Å²) in [6.45, 7) is 8.26. The fourth-order valence-corrected chi connectivity index (χ4v) is 2.14. The Labute approximate surface area is 121 Å². The van der Waals surface area contributed by atoms with Crippen molar-refractivity contribution in [2.75, 3.05) is 39.4 Å². The second-order valence-corrected chi connectivity index (χ2v) is 4.95. The van der Waals surface area contributed by atoms with Crippen molar-refractivity contribution in [2.45, 2.75) is 33.1 Å². The van der Waals surface area contributed by atoms with E-state index >= 15 is 0 Å². The maximum Gasteiger partial charge on any atom is 0.266 e. The van der Waals surface area contributed by atoms with Crippen molar-refractivity contribution in [2.24, 2.45) is 0 Å². The third-order valence-electron chi connectivity index (χ3n) is 3.27. The van der Waals surface area contributed by atoms with Crippen LogP contribution in [0.4, 0.5) is 0 Å². The third kappa shape index (κ3) is 5.22. The van der Waals surface area contributed by atoms with Gasteiger partial charge in [0.1, 0.15) is 11.6 Å². The number of hydrogen-bond donors (Lipinski definition) is 0. The van der Waals surface area contributed by atoms with Crippen molar-refractivity contribution in [1.82, 2.24) is 9.80 Å². The molecule has 1 aliphatic rings.